The second-order valence-electron chi connectivity index (χ2n) is 15.6. The van der Waals surface area contributed by atoms with E-state index in [9.17, 15) is 23.4 Å². The molecule has 43 heavy (non-hydrogen) atoms. The molecule has 238 valence electrons. The van der Waals surface area contributed by atoms with E-state index >= 15 is 8.78 Å². The van der Waals surface area contributed by atoms with Gasteiger partial charge in [0.15, 0.2) is 5.79 Å². The lowest BCUT2D eigenvalue weighted by Gasteiger charge is -2.59. The largest absolute Gasteiger partial charge is 0.456 e. The fraction of sp³-hybridized carbons (Fsp3) is 0.765. The van der Waals surface area contributed by atoms with Crippen LogP contribution < -0.4 is 0 Å². The molecule has 4 nitrogen and oxygen atoms in total. The minimum absolute atomic E-state index is 0.0360. The molecule has 1 aliphatic heterocycles. The molecule has 5 fully saturated rings. The average Bonchev–Trinajstić information content (AvgIpc) is 3.74. The van der Waals surface area contributed by atoms with Crippen molar-refractivity contribution in [2.75, 3.05) is 13.2 Å². The van der Waals surface area contributed by atoms with Gasteiger partial charge < -0.3 is 19.7 Å². The molecule has 0 unspecified atom stereocenters. The Balaban J connectivity index is 1.34. The van der Waals surface area contributed by atoms with Crippen molar-refractivity contribution in [3.63, 3.8) is 0 Å². The van der Waals surface area contributed by atoms with Crippen LogP contribution in [0.3, 0.4) is 0 Å². The molecule has 0 radical (unpaired) electrons. The molecule has 9 heteroatoms. The van der Waals surface area contributed by atoms with Gasteiger partial charge in [-0.1, -0.05) is 50.6 Å². The van der Waals surface area contributed by atoms with Gasteiger partial charge in [-0.05, 0) is 85.8 Å². The van der Waals surface area contributed by atoms with E-state index in [0.717, 1.165) is 35.1 Å². The first-order valence-corrected chi connectivity index (χ1v) is 15.9. The van der Waals surface area contributed by atoms with Crippen molar-refractivity contribution in [3.8, 4) is 0 Å². The molecule has 1 heterocycles. The number of allylic oxidation sites excluding steroid dienone is 1. The summed E-state index contributed by atoms with van der Waals surface area (Å²) >= 11 is 0. The molecule has 0 bridgehead atoms. The van der Waals surface area contributed by atoms with Crippen LogP contribution in [0.2, 0.25) is 0 Å². The smallest absolute Gasteiger partial charge is 0.385 e. The van der Waals surface area contributed by atoms with Crippen LogP contribution in [0, 0.1) is 22.7 Å². The molecule has 1 spiro atoms. The molecule has 0 aromatic heterocycles. The Bertz CT molecular complexity index is 1320. The summed E-state index contributed by atoms with van der Waals surface area (Å²) in [5.41, 5.74) is -2.33. The third kappa shape index (κ3) is 4.34. The Labute approximate surface area is 250 Å². The number of alkyl halides is 5. The van der Waals surface area contributed by atoms with Gasteiger partial charge in [-0.3, -0.25) is 0 Å². The van der Waals surface area contributed by atoms with Crippen molar-refractivity contribution in [3.05, 3.63) is 46.5 Å². The maximum Gasteiger partial charge on any atom is 0.456 e. The molecule has 6 aliphatic rings. The Hall–Kier alpha value is -1.55. The average molecular weight is 611 g/mol. The van der Waals surface area contributed by atoms with Gasteiger partial charge >= 0.3 is 12.1 Å². The number of benzene rings is 1. The summed E-state index contributed by atoms with van der Waals surface area (Å²) in [6, 6.07) is 8.02. The number of ether oxygens (including phenoxy) is 2. The summed E-state index contributed by atoms with van der Waals surface area (Å²) in [6.45, 7) is 6.63. The minimum atomic E-state index is -5.86. The fourth-order valence-corrected chi connectivity index (χ4v) is 9.75. The van der Waals surface area contributed by atoms with Crippen molar-refractivity contribution in [1.29, 1.82) is 0 Å². The van der Waals surface area contributed by atoms with E-state index < -0.39 is 52.8 Å². The zero-order valence-electron chi connectivity index (χ0n) is 25.2. The molecule has 5 aliphatic carbocycles. The number of hydrogen-bond acceptors (Lipinski definition) is 4. The summed E-state index contributed by atoms with van der Waals surface area (Å²) in [7, 11) is 0. The molecule has 1 aromatic carbocycles. The molecule has 2 N–H and O–H groups in total. The molecular formula is C34H43F5O4. The van der Waals surface area contributed by atoms with Gasteiger partial charge in [-0.2, -0.15) is 22.0 Å². The zero-order valence-corrected chi connectivity index (χ0v) is 25.2. The molecular weight excluding hydrogens is 567 g/mol. The van der Waals surface area contributed by atoms with E-state index in [4.69, 9.17) is 9.47 Å². The maximum atomic E-state index is 15.3. The summed E-state index contributed by atoms with van der Waals surface area (Å²) < 4.78 is 84.8. The van der Waals surface area contributed by atoms with Gasteiger partial charge in [0, 0.05) is 29.6 Å². The van der Waals surface area contributed by atoms with E-state index in [1.807, 2.05) is 18.2 Å². The van der Waals surface area contributed by atoms with Gasteiger partial charge in [0.1, 0.15) is 5.60 Å². The number of halogens is 5. The predicted molar refractivity (Wildman–Crippen MR) is 150 cm³/mol. The second-order valence-corrected chi connectivity index (χ2v) is 15.6. The number of rotatable bonds is 3. The fourth-order valence-electron chi connectivity index (χ4n) is 9.75. The molecule has 0 amide bonds. The molecule has 1 aromatic rings. The molecule has 1 saturated heterocycles. The quantitative estimate of drug-likeness (QED) is 0.271. The Morgan fingerprint density at radius 2 is 1.53 bits per heavy atom. The first-order chi connectivity index (χ1) is 19.9. The second kappa shape index (κ2) is 9.26. The van der Waals surface area contributed by atoms with E-state index in [2.05, 4.69) is 19.9 Å². The van der Waals surface area contributed by atoms with Crippen molar-refractivity contribution < 1.29 is 41.6 Å². The highest BCUT2D eigenvalue weighted by molar-refractivity contribution is 5.45. The van der Waals surface area contributed by atoms with Gasteiger partial charge in [-0.25, -0.2) is 0 Å². The SMILES string of the molecule is CC1(C)COC2(CCC3=C4[C@@H](CC[C@@]3(O)C2)[C@@H]2CC[C@@](O)(C(F)(F)C(F)(F)F)[C@@]2(C)C[C@@H]4c2cccc(C3CC3)c2)OC1. The van der Waals surface area contributed by atoms with Crippen molar-refractivity contribution in [1.82, 2.24) is 0 Å². The van der Waals surface area contributed by atoms with Gasteiger partial charge in [0.25, 0.3) is 0 Å². The summed E-state index contributed by atoms with van der Waals surface area (Å²) in [6.07, 6.45) is -2.16. The Morgan fingerprint density at radius 1 is 0.860 bits per heavy atom. The molecule has 7 rings (SSSR count). The topological polar surface area (TPSA) is 58.9 Å². The maximum absolute atomic E-state index is 15.3. The van der Waals surface area contributed by atoms with Crippen LogP contribution in [-0.4, -0.2) is 52.5 Å². The highest BCUT2D eigenvalue weighted by Gasteiger charge is 2.79. The van der Waals surface area contributed by atoms with Crippen LogP contribution in [-0.2, 0) is 9.47 Å². The van der Waals surface area contributed by atoms with E-state index in [0.29, 0.717) is 44.8 Å². The van der Waals surface area contributed by atoms with Crippen LogP contribution >= 0.6 is 0 Å². The van der Waals surface area contributed by atoms with Gasteiger partial charge in [0.2, 0.25) is 0 Å². The van der Waals surface area contributed by atoms with Crippen LogP contribution in [0.5, 0.6) is 0 Å². The number of aliphatic hydroxyl groups is 2. The highest BCUT2D eigenvalue weighted by atomic mass is 19.4. The molecule has 4 saturated carbocycles. The van der Waals surface area contributed by atoms with E-state index in [1.165, 1.54) is 6.92 Å². The molecule has 6 atom stereocenters. The third-order valence-electron chi connectivity index (χ3n) is 12.3. The predicted octanol–water partition coefficient (Wildman–Crippen LogP) is 7.79. The van der Waals surface area contributed by atoms with Crippen molar-refractivity contribution in [2.24, 2.45) is 22.7 Å². The third-order valence-corrected chi connectivity index (χ3v) is 12.3. The van der Waals surface area contributed by atoms with Crippen LogP contribution in [0.25, 0.3) is 0 Å². The van der Waals surface area contributed by atoms with Crippen LogP contribution in [0.4, 0.5) is 22.0 Å². The summed E-state index contributed by atoms with van der Waals surface area (Å²) in [5, 5.41) is 23.8. The minimum Gasteiger partial charge on any atom is -0.385 e. The lowest BCUT2D eigenvalue weighted by atomic mass is 9.49. The van der Waals surface area contributed by atoms with Gasteiger partial charge in [0.05, 0.1) is 18.8 Å². The summed E-state index contributed by atoms with van der Waals surface area (Å²) in [5.74, 6) is -7.05. The van der Waals surface area contributed by atoms with Crippen LogP contribution in [0.15, 0.2) is 35.4 Å². The standard InChI is InChI=1S/C34H43F5O4/c1-28(2)18-42-31(43-19-28)13-10-26-27-23(9-12-30(26,40)17-31)25-11-14-32(41,33(35,36)34(37,38)39)29(25,3)16-24(27)22-6-4-5-21(15-22)20-7-8-20/h4-6,15,20,23-25,40-41H,7-14,16-19H2,1-3H3/t23-,24+,25-,29-,30+,32-/m0/s1. The van der Waals surface area contributed by atoms with E-state index in [1.54, 1.807) is 0 Å². The first-order valence-electron chi connectivity index (χ1n) is 15.9. The van der Waals surface area contributed by atoms with Crippen LogP contribution in [0.1, 0.15) is 108 Å². The van der Waals surface area contributed by atoms with Gasteiger partial charge in [-0.15, -0.1) is 0 Å². The highest BCUT2D eigenvalue weighted by Crippen LogP contribution is 2.71. The van der Waals surface area contributed by atoms with Crippen molar-refractivity contribution in [2.45, 2.75) is 126 Å². The lowest BCUT2D eigenvalue weighted by molar-refractivity contribution is -0.362. The monoisotopic (exact) mass is 610 g/mol. The summed E-state index contributed by atoms with van der Waals surface area (Å²) in [4.78, 5) is 0. The van der Waals surface area contributed by atoms with E-state index in [-0.39, 0.29) is 30.6 Å². The number of fused-ring (bicyclic) bond motifs is 4. The van der Waals surface area contributed by atoms with Crippen molar-refractivity contribution >= 4 is 0 Å². The lowest BCUT2D eigenvalue weighted by Crippen LogP contribution is -2.65. The first kappa shape index (κ1) is 30.1. The number of hydrogen-bond donors (Lipinski definition) is 2. The normalized spacial score (nSPS) is 40.7. The Morgan fingerprint density at radius 3 is 2.19 bits per heavy atom. The Kier molecular flexibility index (Phi) is 6.49. The zero-order chi connectivity index (χ0) is 30.8.